The highest BCUT2D eigenvalue weighted by molar-refractivity contribution is 6.31. The van der Waals surface area contributed by atoms with Gasteiger partial charge in [-0.3, -0.25) is 4.79 Å². The van der Waals surface area contributed by atoms with Crippen LogP contribution in [0.15, 0.2) is 18.2 Å². The van der Waals surface area contributed by atoms with Gasteiger partial charge in [-0.05, 0) is 37.5 Å². The number of hydrogen-bond donors (Lipinski definition) is 2. The van der Waals surface area contributed by atoms with E-state index in [9.17, 15) is 4.79 Å². The van der Waals surface area contributed by atoms with E-state index >= 15 is 0 Å². The highest BCUT2D eigenvalue weighted by Gasteiger charge is 2.01. The third kappa shape index (κ3) is 4.11. The van der Waals surface area contributed by atoms with E-state index in [1.807, 2.05) is 25.1 Å². The van der Waals surface area contributed by atoms with Crippen molar-refractivity contribution in [2.75, 3.05) is 11.9 Å². The number of rotatable bonds is 6. The second-order valence-corrected chi connectivity index (χ2v) is 4.10. The van der Waals surface area contributed by atoms with Crippen molar-refractivity contribution in [2.24, 2.45) is 0 Å². The molecule has 16 heavy (non-hydrogen) atoms. The molecule has 0 bridgehead atoms. The SMILES string of the molecule is Cc1c(Cl)cccc1NCCCCC(=O)O. The van der Waals surface area contributed by atoms with Crippen LogP contribution in [0.2, 0.25) is 5.02 Å². The Labute approximate surface area is 100 Å². The third-order valence-corrected chi connectivity index (χ3v) is 2.81. The smallest absolute Gasteiger partial charge is 0.303 e. The summed E-state index contributed by atoms with van der Waals surface area (Å²) in [5.74, 6) is -0.737. The monoisotopic (exact) mass is 241 g/mol. The Hall–Kier alpha value is -1.22. The minimum atomic E-state index is -0.737. The van der Waals surface area contributed by atoms with Crippen LogP contribution >= 0.6 is 11.6 Å². The molecule has 0 atom stereocenters. The molecule has 0 amide bonds. The van der Waals surface area contributed by atoms with Crippen LogP contribution in [0.5, 0.6) is 0 Å². The molecular formula is C12H16ClNO2. The van der Waals surface area contributed by atoms with E-state index < -0.39 is 5.97 Å². The van der Waals surface area contributed by atoms with Gasteiger partial charge in [-0.1, -0.05) is 17.7 Å². The van der Waals surface area contributed by atoms with Gasteiger partial charge < -0.3 is 10.4 Å². The summed E-state index contributed by atoms with van der Waals surface area (Å²) in [6.45, 7) is 2.73. The van der Waals surface area contributed by atoms with Crippen LogP contribution in [0.3, 0.4) is 0 Å². The van der Waals surface area contributed by atoms with Gasteiger partial charge in [0, 0.05) is 23.7 Å². The van der Waals surface area contributed by atoms with E-state index in [4.69, 9.17) is 16.7 Å². The maximum Gasteiger partial charge on any atom is 0.303 e. The molecule has 1 rings (SSSR count). The summed E-state index contributed by atoms with van der Waals surface area (Å²) >= 11 is 5.98. The van der Waals surface area contributed by atoms with Gasteiger partial charge in [0.05, 0.1) is 0 Å². The molecule has 0 aliphatic heterocycles. The molecule has 0 spiro atoms. The van der Waals surface area contributed by atoms with Gasteiger partial charge in [0.25, 0.3) is 0 Å². The molecule has 0 aromatic heterocycles. The molecule has 1 aromatic rings. The van der Waals surface area contributed by atoms with E-state index in [1.165, 1.54) is 0 Å². The molecule has 2 N–H and O–H groups in total. The molecule has 0 heterocycles. The van der Waals surface area contributed by atoms with Gasteiger partial charge in [-0.2, -0.15) is 0 Å². The minimum Gasteiger partial charge on any atom is -0.481 e. The lowest BCUT2D eigenvalue weighted by atomic mass is 10.2. The summed E-state index contributed by atoms with van der Waals surface area (Å²) in [4.78, 5) is 10.3. The largest absolute Gasteiger partial charge is 0.481 e. The van der Waals surface area contributed by atoms with Crippen LogP contribution in [0.25, 0.3) is 0 Å². The summed E-state index contributed by atoms with van der Waals surface area (Å²) in [5.41, 5.74) is 2.05. The summed E-state index contributed by atoms with van der Waals surface area (Å²) in [6, 6.07) is 5.72. The number of carboxylic acid groups (broad SMARTS) is 1. The lowest BCUT2D eigenvalue weighted by Gasteiger charge is -2.09. The Bertz CT molecular complexity index is 366. The molecule has 3 nitrogen and oxygen atoms in total. The van der Waals surface area contributed by atoms with Crippen LogP contribution in [-0.4, -0.2) is 17.6 Å². The maximum atomic E-state index is 10.3. The van der Waals surface area contributed by atoms with Crippen molar-refractivity contribution >= 4 is 23.3 Å². The molecule has 0 fully saturated rings. The van der Waals surface area contributed by atoms with Gasteiger partial charge in [0.2, 0.25) is 0 Å². The summed E-state index contributed by atoms with van der Waals surface area (Å²) in [6.07, 6.45) is 1.77. The van der Waals surface area contributed by atoms with Crippen molar-refractivity contribution in [2.45, 2.75) is 26.2 Å². The predicted molar refractivity (Wildman–Crippen MR) is 66.2 cm³/mol. The summed E-state index contributed by atoms with van der Waals surface area (Å²) in [7, 11) is 0. The molecule has 4 heteroatoms. The fourth-order valence-corrected chi connectivity index (χ4v) is 1.60. The van der Waals surface area contributed by atoms with Crippen LogP contribution in [-0.2, 0) is 4.79 Å². The number of hydrogen-bond acceptors (Lipinski definition) is 2. The molecule has 0 saturated heterocycles. The standard InChI is InChI=1S/C12H16ClNO2/c1-9-10(13)5-4-6-11(9)14-8-3-2-7-12(15)16/h4-6,14H,2-3,7-8H2,1H3,(H,15,16). The average molecular weight is 242 g/mol. The maximum absolute atomic E-state index is 10.3. The topological polar surface area (TPSA) is 49.3 Å². The van der Waals surface area contributed by atoms with Crippen LogP contribution < -0.4 is 5.32 Å². The number of unbranched alkanes of at least 4 members (excludes halogenated alkanes) is 1. The van der Waals surface area contributed by atoms with Crippen molar-refractivity contribution in [1.29, 1.82) is 0 Å². The highest BCUT2D eigenvalue weighted by Crippen LogP contribution is 2.22. The minimum absolute atomic E-state index is 0.232. The normalized spacial score (nSPS) is 10.1. The fraction of sp³-hybridized carbons (Fsp3) is 0.417. The number of halogens is 1. The van der Waals surface area contributed by atoms with Gasteiger partial charge in [0.1, 0.15) is 0 Å². The molecular weight excluding hydrogens is 226 g/mol. The number of anilines is 1. The first-order chi connectivity index (χ1) is 7.61. The zero-order valence-electron chi connectivity index (χ0n) is 9.29. The van der Waals surface area contributed by atoms with Crippen molar-refractivity contribution in [3.05, 3.63) is 28.8 Å². The van der Waals surface area contributed by atoms with E-state index in [0.717, 1.165) is 29.2 Å². The molecule has 1 aromatic carbocycles. The van der Waals surface area contributed by atoms with E-state index in [1.54, 1.807) is 0 Å². The molecule has 0 aliphatic rings. The number of benzene rings is 1. The Balaban J connectivity index is 2.32. The third-order valence-electron chi connectivity index (χ3n) is 2.40. The fourth-order valence-electron chi connectivity index (χ4n) is 1.42. The summed E-state index contributed by atoms with van der Waals surface area (Å²) in [5, 5.41) is 12.5. The Morgan fingerprint density at radius 2 is 2.19 bits per heavy atom. The lowest BCUT2D eigenvalue weighted by molar-refractivity contribution is -0.137. The molecule has 0 radical (unpaired) electrons. The highest BCUT2D eigenvalue weighted by atomic mass is 35.5. The van der Waals surface area contributed by atoms with Crippen molar-refractivity contribution in [3.63, 3.8) is 0 Å². The predicted octanol–water partition coefficient (Wildman–Crippen LogP) is 3.32. The van der Waals surface area contributed by atoms with Gasteiger partial charge in [-0.15, -0.1) is 0 Å². The first kappa shape index (κ1) is 12.8. The van der Waals surface area contributed by atoms with E-state index in [-0.39, 0.29) is 6.42 Å². The van der Waals surface area contributed by atoms with E-state index in [0.29, 0.717) is 6.42 Å². The van der Waals surface area contributed by atoms with Gasteiger partial charge in [0.15, 0.2) is 0 Å². The van der Waals surface area contributed by atoms with Crippen LogP contribution in [0.4, 0.5) is 5.69 Å². The molecule has 88 valence electrons. The van der Waals surface area contributed by atoms with Crippen molar-refractivity contribution in [1.82, 2.24) is 0 Å². The quantitative estimate of drug-likeness (QED) is 0.752. The number of nitrogens with one attached hydrogen (secondary N) is 1. The first-order valence-electron chi connectivity index (χ1n) is 5.32. The van der Waals surface area contributed by atoms with Gasteiger partial charge in [-0.25, -0.2) is 0 Å². The molecule has 0 aliphatic carbocycles. The Kier molecular flexibility index (Phi) is 5.12. The zero-order valence-corrected chi connectivity index (χ0v) is 10.0. The van der Waals surface area contributed by atoms with Crippen LogP contribution in [0.1, 0.15) is 24.8 Å². The number of aliphatic carboxylic acids is 1. The Morgan fingerprint density at radius 1 is 1.44 bits per heavy atom. The second-order valence-electron chi connectivity index (χ2n) is 3.69. The van der Waals surface area contributed by atoms with Crippen molar-refractivity contribution in [3.8, 4) is 0 Å². The molecule has 0 unspecified atom stereocenters. The van der Waals surface area contributed by atoms with E-state index in [2.05, 4.69) is 5.32 Å². The number of carbonyl (C=O) groups is 1. The second kappa shape index (κ2) is 6.38. The number of carboxylic acids is 1. The lowest BCUT2D eigenvalue weighted by Crippen LogP contribution is -2.04. The Morgan fingerprint density at radius 3 is 2.88 bits per heavy atom. The summed E-state index contributed by atoms with van der Waals surface area (Å²) < 4.78 is 0. The zero-order chi connectivity index (χ0) is 12.0. The van der Waals surface area contributed by atoms with Crippen molar-refractivity contribution < 1.29 is 9.90 Å². The van der Waals surface area contributed by atoms with Gasteiger partial charge >= 0.3 is 5.97 Å². The van der Waals surface area contributed by atoms with Crippen LogP contribution in [0, 0.1) is 6.92 Å². The first-order valence-corrected chi connectivity index (χ1v) is 5.70. The molecule has 0 saturated carbocycles. The average Bonchev–Trinajstić information content (AvgIpc) is 2.23.